The fourth-order valence-corrected chi connectivity index (χ4v) is 3.41. The molecule has 3 N–H and O–H groups in total. The summed E-state index contributed by atoms with van der Waals surface area (Å²) < 4.78 is 30.3. The lowest BCUT2D eigenvalue weighted by atomic mass is 10.1. The first kappa shape index (κ1) is 25.6. The zero-order chi connectivity index (χ0) is 22.9. The highest BCUT2D eigenvalue weighted by Gasteiger charge is 2.22. The minimum atomic E-state index is -4.03. The zero-order valence-corrected chi connectivity index (χ0v) is 19.0. The van der Waals surface area contributed by atoms with Gasteiger partial charge in [0, 0.05) is 17.7 Å². The molecule has 0 atom stereocenters. The van der Waals surface area contributed by atoms with Crippen molar-refractivity contribution in [2.45, 2.75) is 38.0 Å². The Morgan fingerprint density at radius 1 is 1.30 bits per heavy atom. The normalized spacial score (nSPS) is 10.7. The molecular formula is C19H27ClN4O5S. The van der Waals surface area contributed by atoms with Crippen molar-refractivity contribution in [2.75, 3.05) is 19.0 Å². The number of halogens is 1. The number of nitrogens with one attached hydrogen (secondary N) is 1. The van der Waals surface area contributed by atoms with Gasteiger partial charge in [-0.1, -0.05) is 20.3 Å². The quantitative estimate of drug-likeness (QED) is 0.435. The van der Waals surface area contributed by atoms with Gasteiger partial charge in [0.05, 0.1) is 28.4 Å². The fourth-order valence-electron chi connectivity index (χ4n) is 2.63. The van der Waals surface area contributed by atoms with E-state index in [1.54, 1.807) is 7.05 Å². The maximum Gasteiger partial charge on any atom is 0.261 e. The van der Waals surface area contributed by atoms with Gasteiger partial charge in [0.1, 0.15) is 11.4 Å². The highest BCUT2D eigenvalue weighted by atomic mass is 35.7. The molecule has 11 heteroatoms. The maximum atomic E-state index is 12.9. The first-order valence-electron chi connectivity index (χ1n) is 9.34. The molecule has 30 heavy (non-hydrogen) atoms. The number of hydrogen-bond acceptors (Lipinski definition) is 7. The Bertz CT molecular complexity index is 989. The number of amides is 1. The van der Waals surface area contributed by atoms with Crippen LogP contribution in [0.25, 0.3) is 0 Å². The first-order chi connectivity index (χ1) is 14.2. The molecule has 1 aromatic heterocycles. The van der Waals surface area contributed by atoms with Crippen LogP contribution in [0.3, 0.4) is 0 Å². The van der Waals surface area contributed by atoms with E-state index in [1.807, 2.05) is 13.8 Å². The van der Waals surface area contributed by atoms with Gasteiger partial charge in [0.25, 0.3) is 15.0 Å². The van der Waals surface area contributed by atoms with Gasteiger partial charge in [0.2, 0.25) is 0 Å². The standard InChI is InChI=1S/C18H22ClN3O5S.CH5N/c1-4-6-14-17(15(11-23)22(3)21-14)20-18(24)13-10-12(28(19,25)26)7-8-16(13)27-9-5-2;1-2/h7-8,10-11H,4-6,9H2,1-3H3,(H,20,24);2H2,1H3. The summed E-state index contributed by atoms with van der Waals surface area (Å²) in [6, 6.07) is 3.81. The van der Waals surface area contributed by atoms with Crippen molar-refractivity contribution in [1.82, 2.24) is 9.78 Å². The number of carbonyl (C=O) groups excluding carboxylic acids is 2. The average molecular weight is 459 g/mol. The van der Waals surface area contributed by atoms with Crippen molar-refractivity contribution in [3.8, 4) is 5.75 Å². The van der Waals surface area contributed by atoms with Crippen molar-refractivity contribution in [3.63, 3.8) is 0 Å². The number of carbonyl (C=O) groups is 2. The molecule has 2 aromatic rings. The van der Waals surface area contributed by atoms with Crippen LogP contribution < -0.4 is 15.8 Å². The van der Waals surface area contributed by atoms with Crippen LogP contribution in [-0.2, 0) is 22.5 Å². The molecule has 0 spiro atoms. The number of aldehydes is 1. The molecule has 0 saturated carbocycles. The third-order valence-electron chi connectivity index (χ3n) is 3.94. The molecule has 0 aliphatic rings. The first-order valence-corrected chi connectivity index (χ1v) is 11.6. The lowest BCUT2D eigenvalue weighted by Gasteiger charge is -2.13. The van der Waals surface area contributed by atoms with E-state index >= 15 is 0 Å². The molecule has 0 aliphatic carbocycles. The Balaban J connectivity index is 0.00000218. The Hall–Kier alpha value is -2.43. The van der Waals surface area contributed by atoms with Crippen LogP contribution in [0, 0.1) is 0 Å². The lowest BCUT2D eigenvalue weighted by molar-refractivity contribution is 0.102. The number of rotatable bonds is 9. The van der Waals surface area contributed by atoms with Gasteiger partial charge in [-0.3, -0.25) is 14.3 Å². The highest BCUT2D eigenvalue weighted by molar-refractivity contribution is 8.13. The second-order valence-electron chi connectivity index (χ2n) is 6.10. The largest absolute Gasteiger partial charge is 0.493 e. The topological polar surface area (TPSA) is 133 Å². The summed E-state index contributed by atoms with van der Waals surface area (Å²) in [5.74, 6) is -0.404. The number of aromatic nitrogens is 2. The van der Waals surface area contributed by atoms with E-state index in [-0.39, 0.29) is 21.9 Å². The third kappa shape index (κ3) is 6.28. The van der Waals surface area contributed by atoms with Crippen molar-refractivity contribution in [3.05, 3.63) is 35.2 Å². The van der Waals surface area contributed by atoms with Crippen LogP contribution in [0.2, 0.25) is 0 Å². The number of nitrogens with two attached hydrogens (primary N) is 1. The molecule has 0 fully saturated rings. The lowest BCUT2D eigenvalue weighted by Crippen LogP contribution is -2.16. The summed E-state index contributed by atoms with van der Waals surface area (Å²) >= 11 is 0. The van der Waals surface area contributed by atoms with E-state index in [1.165, 1.54) is 23.9 Å². The summed E-state index contributed by atoms with van der Waals surface area (Å²) in [5, 5.41) is 6.95. The molecule has 9 nitrogen and oxygen atoms in total. The minimum Gasteiger partial charge on any atom is -0.493 e. The predicted molar refractivity (Wildman–Crippen MR) is 116 cm³/mol. The molecule has 0 aliphatic heterocycles. The smallest absolute Gasteiger partial charge is 0.261 e. The third-order valence-corrected chi connectivity index (χ3v) is 5.29. The van der Waals surface area contributed by atoms with Gasteiger partial charge in [-0.2, -0.15) is 5.10 Å². The van der Waals surface area contributed by atoms with Crippen molar-refractivity contribution in [2.24, 2.45) is 12.8 Å². The number of nitrogens with zero attached hydrogens (tertiary/aromatic N) is 2. The predicted octanol–water partition coefficient (Wildman–Crippen LogP) is 2.73. The van der Waals surface area contributed by atoms with E-state index in [2.05, 4.69) is 16.1 Å². The molecule has 0 saturated heterocycles. The fraction of sp³-hybridized carbons (Fsp3) is 0.421. The zero-order valence-electron chi connectivity index (χ0n) is 17.4. The molecule has 166 valence electrons. The summed E-state index contributed by atoms with van der Waals surface area (Å²) in [6.07, 6.45) is 2.64. The Kier molecular flexibility index (Phi) is 9.97. The van der Waals surface area contributed by atoms with Gasteiger partial charge in [-0.15, -0.1) is 0 Å². The Morgan fingerprint density at radius 3 is 2.50 bits per heavy atom. The van der Waals surface area contributed by atoms with Crippen molar-refractivity contribution >= 4 is 37.6 Å². The van der Waals surface area contributed by atoms with Crippen molar-refractivity contribution < 1.29 is 22.7 Å². The van der Waals surface area contributed by atoms with Gasteiger partial charge < -0.3 is 15.8 Å². The van der Waals surface area contributed by atoms with Crippen LogP contribution in [0.4, 0.5) is 5.69 Å². The van der Waals surface area contributed by atoms with E-state index in [9.17, 15) is 18.0 Å². The molecule has 1 heterocycles. The van der Waals surface area contributed by atoms with Crippen LogP contribution in [-0.4, -0.2) is 44.0 Å². The van der Waals surface area contributed by atoms with E-state index in [0.717, 1.165) is 12.5 Å². The van der Waals surface area contributed by atoms with E-state index in [4.69, 9.17) is 15.4 Å². The van der Waals surface area contributed by atoms with E-state index in [0.29, 0.717) is 37.1 Å². The van der Waals surface area contributed by atoms with Crippen LogP contribution >= 0.6 is 10.7 Å². The monoisotopic (exact) mass is 458 g/mol. The maximum absolute atomic E-state index is 12.9. The van der Waals surface area contributed by atoms with Crippen LogP contribution in [0.1, 0.15) is 53.2 Å². The van der Waals surface area contributed by atoms with Crippen LogP contribution in [0.5, 0.6) is 5.75 Å². The SMILES string of the molecule is CCCOc1ccc(S(=O)(=O)Cl)cc1C(=O)Nc1c(CCC)nn(C)c1C=O.CN. The van der Waals surface area contributed by atoms with E-state index < -0.39 is 15.0 Å². The molecule has 1 aromatic carbocycles. The number of ether oxygens (including phenoxy) is 1. The number of anilines is 1. The molecule has 0 radical (unpaired) electrons. The molecule has 2 rings (SSSR count). The Morgan fingerprint density at radius 2 is 1.97 bits per heavy atom. The summed E-state index contributed by atoms with van der Waals surface area (Å²) in [5.41, 5.74) is 5.58. The van der Waals surface area contributed by atoms with Gasteiger partial charge in [0.15, 0.2) is 6.29 Å². The van der Waals surface area contributed by atoms with Crippen molar-refractivity contribution in [1.29, 1.82) is 0 Å². The Labute approximate surface area is 181 Å². The van der Waals surface area contributed by atoms with Crippen LogP contribution in [0.15, 0.2) is 23.1 Å². The van der Waals surface area contributed by atoms with Gasteiger partial charge >= 0.3 is 0 Å². The summed E-state index contributed by atoms with van der Waals surface area (Å²) in [7, 11) is 4.49. The summed E-state index contributed by atoms with van der Waals surface area (Å²) in [4.78, 5) is 24.1. The highest BCUT2D eigenvalue weighted by Crippen LogP contribution is 2.27. The minimum absolute atomic E-state index is 0.00155. The molecule has 0 bridgehead atoms. The number of aryl methyl sites for hydroxylation is 2. The number of hydrogen-bond donors (Lipinski definition) is 2. The molecule has 0 unspecified atom stereocenters. The average Bonchev–Trinajstić information content (AvgIpc) is 3.01. The second kappa shape index (κ2) is 11.7. The molecule has 1 amide bonds. The van der Waals surface area contributed by atoms with Gasteiger partial charge in [-0.05, 0) is 38.1 Å². The molecular weight excluding hydrogens is 432 g/mol. The number of benzene rings is 1. The van der Waals surface area contributed by atoms with Gasteiger partial charge in [-0.25, -0.2) is 8.42 Å². The second-order valence-corrected chi connectivity index (χ2v) is 8.66. The summed E-state index contributed by atoms with van der Waals surface area (Å²) in [6.45, 7) is 4.20.